The lowest BCUT2D eigenvalue weighted by molar-refractivity contribution is 0.437. The molecule has 0 aromatic carbocycles. The summed E-state index contributed by atoms with van der Waals surface area (Å²) in [4.78, 5) is 0. The van der Waals surface area contributed by atoms with Crippen LogP contribution in [-0.4, -0.2) is 31.5 Å². The molecule has 0 heterocycles. The normalized spacial score (nSPS) is 31.0. The maximum Gasteiger partial charge on any atom is 0.157 e. The van der Waals surface area contributed by atoms with E-state index in [-0.39, 0.29) is 16.5 Å². The first-order valence-electron chi connectivity index (χ1n) is 8.12. The van der Waals surface area contributed by atoms with E-state index in [1.54, 1.807) is 0 Å². The Labute approximate surface area is 118 Å². The molecular formula is C15H29NO2S. The van der Waals surface area contributed by atoms with Crippen molar-refractivity contribution in [1.29, 1.82) is 0 Å². The molecule has 19 heavy (non-hydrogen) atoms. The van der Waals surface area contributed by atoms with Gasteiger partial charge in [0.2, 0.25) is 0 Å². The molecule has 0 spiro atoms. The Morgan fingerprint density at radius 3 is 2.11 bits per heavy atom. The zero-order chi connectivity index (χ0) is 13.7. The second-order valence-corrected chi connectivity index (χ2v) is 8.64. The monoisotopic (exact) mass is 287 g/mol. The van der Waals surface area contributed by atoms with Crippen molar-refractivity contribution in [2.75, 3.05) is 6.54 Å². The van der Waals surface area contributed by atoms with Crippen molar-refractivity contribution in [2.45, 2.75) is 87.7 Å². The highest BCUT2D eigenvalue weighted by atomic mass is 32.2. The molecule has 112 valence electrons. The third kappa shape index (κ3) is 3.72. The molecule has 0 aromatic heterocycles. The average Bonchev–Trinajstić information content (AvgIpc) is 2.66. The van der Waals surface area contributed by atoms with Crippen LogP contribution in [0.5, 0.6) is 0 Å². The van der Waals surface area contributed by atoms with Gasteiger partial charge in [0.15, 0.2) is 9.84 Å². The van der Waals surface area contributed by atoms with Crippen LogP contribution in [0.4, 0.5) is 0 Å². The van der Waals surface area contributed by atoms with E-state index in [0.29, 0.717) is 0 Å². The van der Waals surface area contributed by atoms with Crippen LogP contribution in [0.15, 0.2) is 0 Å². The van der Waals surface area contributed by atoms with Crippen LogP contribution in [0.1, 0.15) is 71.1 Å². The van der Waals surface area contributed by atoms with Gasteiger partial charge in [0.05, 0.1) is 10.5 Å². The topological polar surface area (TPSA) is 46.2 Å². The molecule has 0 aromatic rings. The van der Waals surface area contributed by atoms with Crippen molar-refractivity contribution in [3.63, 3.8) is 0 Å². The zero-order valence-electron chi connectivity index (χ0n) is 12.2. The third-order valence-corrected chi connectivity index (χ3v) is 7.67. The zero-order valence-corrected chi connectivity index (χ0v) is 13.1. The maximum atomic E-state index is 12.9. The summed E-state index contributed by atoms with van der Waals surface area (Å²) in [7, 11) is -2.94. The fourth-order valence-electron chi connectivity index (χ4n) is 3.80. The van der Waals surface area contributed by atoms with Gasteiger partial charge < -0.3 is 5.32 Å². The van der Waals surface area contributed by atoms with Crippen molar-refractivity contribution in [3.05, 3.63) is 0 Å². The first-order chi connectivity index (χ1) is 9.16. The minimum atomic E-state index is -2.94. The van der Waals surface area contributed by atoms with Crippen LogP contribution in [0, 0.1) is 0 Å². The van der Waals surface area contributed by atoms with Gasteiger partial charge in [-0.1, -0.05) is 45.4 Å². The lowest BCUT2D eigenvalue weighted by atomic mass is 10.0. The standard InChI is InChI=1S/C15H29NO2S/c1-2-16-14-11-7-4-8-12-15(14)19(17,18)13-9-5-3-6-10-13/h13-16H,2-12H2,1H3. The Morgan fingerprint density at radius 1 is 0.895 bits per heavy atom. The van der Waals surface area contributed by atoms with E-state index in [2.05, 4.69) is 12.2 Å². The highest BCUT2D eigenvalue weighted by Crippen LogP contribution is 2.32. The third-order valence-electron chi connectivity index (χ3n) is 4.86. The first-order valence-corrected chi connectivity index (χ1v) is 9.73. The molecule has 1 N–H and O–H groups in total. The predicted octanol–water partition coefficient (Wildman–Crippen LogP) is 3.04. The summed E-state index contributed by atoms with van der Waals surface area (Å²) in [5.41, 5.74) is 0. The summed E-state index contributed by atoms with van der Waals surface area (Å²) >= 11 is 0. The van der Waals surface area contributed by atoms with Gasteiger partial charge in [0.1, 0.15) is 0 Å². The lowest BCUT2D eigenvalue weighted by Crippen LogP contribution is -2.47. The second-order valence-electron chi connectivity index (χ2n) is 6.19. The van der Waals surface area contributed by atoms with Crippen LogP contribution < -0.4 is 5.32 Å². The Morgan fingerprint density at radius 2 is 1.47 bits per heavy atom. The Balaban J connectivity index is 2.13. The average molecular weight is 287 g/mol. The van der Waals surface area contributed by atoms with E-state index in [4.69, 9.17) is 0 Å². The van der Waals surface area contributed by atoms with Crippen molar-refractivity contribution >= 4 is 9.84 Å². The van der Waals surface area contributed by atoms with Crippen molar-refractivity contribution in [1.82, 2.24) is 5.32 Å². The molecule has 2 saturated carbocycles. The molecule has 0 aliphatic heterocycles. The quantitative estimate of drug-likeness (QED) is 0.808. The summed E-state index contributed by atoms with van der Waals surface area (Å²) < 4.78 is 25.9. The van der Waals surface area contributed by atoms with Crippen molar-refractivity contribution < 1.29 is 8.42 Å². The van der Waals surface area contributed by atoms with Gasteiger partial charge >= 0.3 is 0 Å². The molecular weight excluding hydrogens is 258 g/mol. The van der Waals surface area contributed by atoms with Gasteiger partial charge in [0.25, 0.3) is 0 Å². The predicted molar refractivity (Wildman–Crippen MR) is 80.1 cm³/mol. The molecule has 2 aliphatic rings. The molecule has 2 atom stereocenters. The highest BCUT2D eigenvalue weighted by Gasteiger charge is 2.39. The summed E-state index contributed by atoms with van der Waals surface area (Å²) in [5, 5.41) is 3.26. The van der Waals surface area contributed by atoms with E-state index in [9.17, 15) is 8.42 Å². The number of rotatable bonds is 4. The summed E-state index contributed by atoms with van der Waals surface area (Å²) in [5.74, 6) is 0. The van der Waals surface area contributed by atoms with Crippen LogP contribution in [0.25, 0.3) is 0 Å². The largest absolute Gasteiger partial charge is 0.313 e. The lowest BCUT2D eigenvalue weighted by Gasteiger charge is -2.31. The number of sulfone groups is 1. The Kier molecular flexibility index (Phi) is 5.70. The first kappa shape index (κ1) is 15.3. The molecule has 0 radical (unpaired) electrons. The molecule has 0 bridgehead atoms. The van der Waals surface area contributed by atoms with Gasteiger partial charge in [-0.2, -0.15) is 0 Å². The number of hydrogen-bond acceptors (Lipinski definition) is 3. The van der Waals surface area contributed by atoms with Crippen LogP contribution in [0.2, 0.25) is 0 Å². The smallest absolute Gasteiger partial charge is 0.157 e. The molecule has 2 fully saturated rings. The number of nitrogens with one attached hydrogen (secondary N) is 1. The van der Waals surface area contributed by atoms with Crippen LogP contribution >= 0.6 is 0 Å². The Bertz CT molecular complexity index is 360. The second kappa shape index (κ2) is 7.07. The molecule has 2 unspecified atom stereocenters. The van der Waals surface area contributed by atoms with Gasteiger partial charge in [0, 0.05) is 6.04 Å². The van der Waals surface area contributed by atoms with Crippen LogP contribution in [-0.2, 0) is 9.84 Å². The van der Waals surface area contributed by atoms with Crippen LogP contribution in [0.3, 0.4) is 0 Å². The SMILES string of the molecule is CCNC1CCCCCC1S(=O)(=O)C1CCCCC1. The highest BCUT2D eigenvalue weighted by molar-refractivity contribution is 7.92. The fraction of sp³-hybridized carbons (Fsp3) is 1.00. The van der Waals surface area contributed by atoms with Gasteiger partial charge in [-0.3, -0.25) is 0 Å². The van der Waals surface area contributed by atoms with Gasteiger partial charge in [-0.05, 0) is 32.2 Å². The van der Waals surface area contributed by atoms with Crippen molar-refractivity contribution in [3.8, 4) is 0 Å². The minimum absolute atomic E-state index is 0.0505. The molecule has 2 aliphatic carbocycles. The number of hydrogen-bond donors (Lipinski definition) is 1. The molecule has 0 saturated heterocycles. The summed E-state index contributed by atoms with van der Waals surface area (Å²) in [6, 6.07) is 0.194. The van der Waals surface area contributed by atoms with E-state index >= 15 is 0 Å². The fourth-order valence-corrected chi connectivity index (χ4v) is 6.47. The van der Waals surface area contributed by atoms with E-state index in [1.165, 1.54) is 19.3 Å². The van der Waals surface area contributed by atoms with Gasteiger partial charge in [-0.15, -0.1) is 0 Å². The molecule has 4 heteroatoms. The minimum Gasteiger partial charge on any atom is -0.313 e. The Hall–Kier alpha value is -0.0900. The summed E-state index contributed by atoms with van der Waals surface area (Å²) in [6.45, 7) is 2.95. The summed E-state index contributed by atoms with van der Waals surface area (Å²) in [6.07, 6.45) is 10.6. The van der Waals surface area contributed by atoms with E-state index in [0.717, 1.165) is 51.5 Å². The van der Waals surface area contributed by atoms with E-state index < -0.39 is 9.84 Å². The van der Waals surface area contributed by atoms with E-state index in [1.807, 2.05) is 0 Å². The van der Waals surface area contributed by atoms with Crippen molar-refractivity contribution in [2.24, 2.45) is 0 Å². The molecule has 2 rings (SSSR count). The van der Waals surface area contributed by atoms with Gasteiger partial charge in [-0.25, -0.2) is 8.42 Å². The maximum absolute atomic E-state index is 12.9. The molecule has 0 amide bonds. The molecule has 3 nitrogen and oxygen atoms in total.